The lowest BCUT2D eigenvalue weighted by Crippen LogP contribution is -1.94. The van der Waals surface area contributed by atoms with Crippen LogP contribution in [-0.2, 0) is 25.7 Å². The van der Waals surface area contributed by atoms with Gasteiger partial charge >= 0.3 is 0 Å². The number of aryl methyl sites for hydroxylation is 4. The molecule has 0 heterocycles. The van der Waals surface area contributed by atoms with Gasteiger partial charge in [-0.25, -0.2) is 0 Å². The van der Waals surface area contributed by atoms with Crippen molar-refractivity contribution in [2.24, 2.45) is 0 Å². The van der Waals surface area contributed by atoms with Crippen LogP contribution in [0.25, 0.3) is 53.9 Å². The van der Waals surface area contributed by atoms with Crippen LogP contribution in [0.2, 0.25) is 0 Å². The number of fused-ring (bicyclic) bond motifs is 11. The monoisotopic (exact) mass is 552 g/mol. The van der Waals surface area contributed by atoms with Crippen LogP contribution in [0, 0.1) is 0 Å². The topological polar surface area (TPSA) is 0 Å². The van der Waals surface area contributed by atoms with Crippen LogP contribution in [0.1, 0.15) is 101 Å². The van der Waals surface area contributed by atoms with E-state index in [9.17, 15) is 0 Å². The second kappa shape index (κ2) is 12.9. The zero-order chi connectivity index (χ0) is 29.1. The molecular formula is C42H48. The fourth-order valence-electron chi connectivity index (χ4n) is 7.11. The zero-order valence-electron chi connectivity index (χ0n) is 26.4. The van der Waals surface area contributed by atoms with Gasteiger partial charge in [0.25, 0.3) is 0 Å². The quantitative estimate of drug-likeness (QED) is 0.132. The Bertz CT molecular complexity index is 1600. The highest BCUT2D eigenvalue weighted by molar-refractivity contribution is 6.39. The lowest BCUT2D eigenvalue weighted by Gasteiger charge is -2.19. The average Bonchev–Trinajstić information content (AvgIpc) is 3.03. The second-order valence-electron chi connectivity index (χ2n) is 12.7. The lowest BCUT2D eigenvalue weighted by atomic mass is 9.84. The van der Waals surface area contributed by atoms with Crippen molar-refractivity contribution in [2.45, 2.75) is 105 Å². The SMILES string of the molecule is CCCCc1ccc2c3ccc(CCCC)cc3c3c4cc(CCCC)ccc4c4ccc(CCCC)cc4c3c2c1. The molecule has 42 heavy (non-hydrogen) atoms. The molecule has 0 aliphatic carbocycles. The van der Waals surface area contributed by atoms with Gasteiger partial charge in [0, 0.05) is 0 Å². The highest BCUT2D eigenvalue weighted by Gasteiger charge is 2.18. The third kappa shape index (κ3) is 5.42. The summed E-state index contributed by atoms with van der Waals surface area (Å²) < 4.78 is 0. The number of unbranched alkanes of at least 4 members (excludes halogenated alkanes) is 4. The van der Waals surface area contributed by atoms with Crippen LogP contribution in [0.4, 0.5) is 0 Å². The predicted octanol–water partition coefficient (Wildman–Crippen LogP) is 12.8. The van der Waals surface area contributed by atoms with Gasteiger partial charge in [0.15, 0.2) is 0 Å². The molecule has 216 valence electrons. The fourth-order valence-corrected chi connectivity index (χ4v) is 7.11. The standard InChI is InChI=1S/C42H48/c1-5-9-13-29-17-21-33-34-22-18-31(15-11-7-3)27-39(34)42-40-28-32(16-12-8-4)20-24-36(40)35-23-19-30(14-10-6-2)26-38(35)41(42)37(33)25-29/h17-28H,5-16H2,1-4H3. The maximum atomic E-state index is 2.54. The zero-order valence-corrected chi connectivity index (χ0v) is 26.4. The van der Waals surface area contributed by atoms with Crippen LogP contribution in [-0.4, -0.2) is 0 Å². The van der Waals surface area contributed by atoms with E-state index >= 15 is 0 Å². The van der Waals surface area contributed by atoms with Crippen molar-refractivity contribution in [2.75, 3.05) is 0 Å². The van der Waals surface area contributed by atoms with E-state index in [1.54, 1.807) is 0 Å². The summed E-state index contributed by atoms with van der Waals surface area (Å²) in [5.41, 5.74) is 5.88. The first-order chi connectivity index (χ1) is 20.7. The van der Waals surface area contributed by atoms with E-state index < -0.39 is 0 Å². The van der Waals surface area contributed by atoms with Crippen molar-refractivity contribution >= 4 is 53.9 Å². The molecule has 0 unspecified atom stereocenters. The summed E-state index contributed by atoms with van der Waals surface area (Å²) in [6, 6.07) is 29.5. The van der Waals surface area contributed by atoms with Crippen molar-refractivity contribution in [1.82, 2.24) is 0 Å². The minimum absolute atomic E-state index is 1.15. The Kier molecular flexibility index (Phi) is 8.80. The Labute approximate surface area is 253 Å². The molecule has 6 aromatic rings. The summed E-state index contributed by atoms with van der Waals surface area (Å²) in [6.45, 7) is 9.20. The van der Waals surface area contributed by atoms with E-state index in [1.165, 1.54) is 127 Å². The van der Waals surface area contributed by atoms with Gasteiger partial charge in [-0.1, -0.05) is 126 Å². The minimum Gasteiger partial charge on any atom is -0.0654 e. The summed E-state index contributed by atoms with van der Waals surface area (Å²) in [6.07, 6.45) is 14.5. The Balaban J connectivity index is 1.81. The van der Waals surface area contributed by atoms with Crippen LogP contribution in [0.5, 0.6) is 0 Å². The molecule has 0 saturated carbocycles. The molecule has 0 N–H and O–H groups in total. The Morgan fingerprint density at radius 3 is 0.762 bits per heavy atom. The van der Waals surface area contributed by atoms with Crippen molar-refractivity contribution in [3.63, 3.8) is 0 Å². The first-order valence-electron chi connectivity index (χ1n) is 16.9. The summed E-state index contributed by atoms with van der Waals surface area (Å²) in [5.74, 6) is 0. The molecule has 0 saturated heterocycles. The van der Waals surface area contributed by atoms with Crippen molar-refractivity contribution in [3.05, 3.63) is 95.1 Å². The van der Waals surface area contributed by atoms with Crippen molar-refractivity contribution < 1.29 is 0 Å². The largest absolute Gasteiger partial charge is 0.0654 e. The number of hydrogen-bond acceptors (Lipinski definition) is 0. The van der Waals surface area contributed by atoms with Gasteiger partial charge in [-0.05, 0) is 127 Å². The molecule has 0 heteroatoms. The summed E-state index contributed by atoms with van der Waals surface area (Å²) in [7, 11) is 0. The second-order valence-corrected chi connectivity index (χ2v) is 12.7. The van der Waals surface area contributed by atoms with E-state index in [2.05, 4.69) is 100 Å². The molecule has 0 atom stereocenters. The highest BCUT2D eigenvalue weighted by atomic mass is 14.2. The first kappa shape index (κ1) is 28.7. The van der Waals surface area contributed by atoms with Gasteiger partial charge in [-0.3, -0.25) is 0 Å². The molecule has 0 aliphatic rings. The average molecular weight is 553 g/mol. The van der Waals surface area contributed by atoms with Crippen molar-refractivity contribution in [3.8, 4) is 0 Å². The molecule has 0 aromatic heterocycles. The van der Waals surface area contributed by atoms with Crippen LogP contribution in [0.15, 0.2) is 72.8 Å². The van der Waals surface area contributed by atoms with E-state index in [0.717, 1.165) is 25.7 Å². The number of benzene rings is 6. The predicted molar refractivity (Wildman–Crippen MR) is 188 cm³/mol. The number of rotatable bonds is 12. The highest BCUT2D eigenvalue weighted by Crippen LogP contribution is 2.45. The molecule has 6 aromatic carbocycles. The molecule has 0 aliphatic heterocycles. The molecule has 0 amide bonds. The maximum Gasteiger partial charge on any atom is -0.00137 e. The third-order valence-electron chi connectivity index (χ3n) is 9.52. The molecule has 0 fully saturated rings. The van der Waals surface area contributed by atoms with Gasteiger partial charge in [0.05, 0.1) is 0 Å². The molecule has 0 bridgehead atoms. The lowest BCUT2D eigenvalue weighted by molar-refractivity contribution is 0.795. The minimum atomic E-state index is 1.15. The van der Waals surface area contributed by atoms with Crippen LogP contribution < -0.4 is 0 Å². The number of hydrogen-bond donors (Lipinski definition) is 0. The summed E-state index contributed by atoms with van der Waals surface area (Å²) in [5, 5.41) is 14.3. The van der Waals surface area contributed by atoms with Gasteiger partial charge in [0.1, 0.15) is 0 Å². The Hall–Kier alpha value is -3.38. The van der Waals surface area contributed by atoms with Gasteiger partial charge in [-0.15, -0.1) is 0 Å². The summed E-state index contributed by atoms with van der Waals surface area (Å²) >= 11 is 0. The maximum absolute atomic E-state index is 2.54. The summed E-state index contributed by atoms with van der Waals surface area (Å²) in [4.78, 5) is 0. The van der Waals surface area contributed by atoms with Gasteiger partial charge in [0.2, 0.25) is 0 Å². The molecule has 6 rings (SSSR count). The Morgan fingerprint density at radius 1 is 0.310 bits per heavy atom. The first-order valence-corrected chi connectivity index (χ1v) is 16.9. The van der Waals surface area contributed by atoms with E-state index in [1.807, 2.05) is 0 Å². The third-order valence-corrected chi connectivity index (χ3v) is 9.52. The molecule has 0 spiro atoms. The van der Waals surface area contributed by atoms with Crippen LogP contribution >= 0.6 is 0 Å². The van der Waals surface area contributed by atoms with Gasteiger partial charge < -0.3 is 0 Å². The van der Waals surface area contributed by atoms with E-state index in [-0.39, 0.29) is 0 Å². The molecular weight excluding hydrogens is 504 g/mol. The van der Waals surface area contributed by atoms with E-state index in [4.69, 9.17) is 0 Å². The van der Waals surface area contributed by atoms with Crippen LogP contribution in [0.3, 0.4) is 0 Å². The van der Waals surface area contributed by atoms with Crippen molar-refractivity contribution in [1.29, 1.82) is 0 Å². The normalized spacial score (nSPS) is 12.0. The molecule has 0 nitrogen and oxygen atoms in total. The Morgan fingerprint density at radius 2 is 0.548 bits per heavy atom. The molecule has 0 radical (unpaired) electrons. The smallest absolute Gasteiger partial charge is 0.00137 e. The van der Waals surface area contributed by atoms with Gasteiger partial charge in [-0.2, -0.15) is 0 Å². The van der Waals surface area contributed by atoms with E-state index in [0.29, 0.717) is 0 Å². The fraction of sp³-hybridized carbons (Fsp3) is 0.381.